The van der Waals surface area contributed by atoms with Gasteiger partial charge in [0.15, 0.2) is 0 Å². The molecule has 6 nitrogen and oxygen atoms in total. The minimum Gasteiger partial charge on any atom is -0.398 e. The highest BCUT2D eigenvalue weighted by molar-refractivity contribution is 5.61. The van der Waals surface area contributed by atoms with Crippen molar-refractivity contribution in [1.82, 2.24) is 4.90 Å². The van der Waals surface area contributed by atoms with Crippen LogP contribution in [0.25, 0.3) is 0 Å². The highest BCUT2D eigenvalue weighted by Crippen LogP contribution is 2.23. The molecule has 0 aliphatic carbocycles. The van der Waals surface area contributed by atoms with Gasteiger partial charge >= 0.3 is 0 Å². The maximum absolute atomic E-state index is 10.8. The smallest absolute Gasteiger partial charge is 0.273 e. The molecule has 2 rings (SSSR count). The van der Waals surface area contributed by atoms with E-state index in [0.29, 0.717) is 11.6 Å². The summed E-state index contributed by atoms with van der Waals surface area (Å²) >= 11 is 0. The minimum atomic E-state index is -0.421. The van der Waals surface area contributed by atoms with Crippen molar-refractivity contribution in [2.45, 2.75) is 12.8 Å². The van der Waals surface area contributed by atoms with Crippen LogP contribution in [0.4, 0.5) is 17.1 Å². The van der Waals surface area contributed by atoms with Crippen LogP contribution in [-0.2, 0) is 0 Å². The molecule has 0 bridgehead atoms. The van der Waals surface area contributed by atoms with Gasteiger partial charge in [-0.05, 0) is 38.4 Å². The van der Waals surface area contributed by atoms with Crippen molar-refractivity contribution >= 4 is 17.1 Å². The summed E-state index contributed by atoms with van der Waals surface area (Å²) in [6.45, 7) is 3.04. The fraction of sp³-hybridized carbons (Fsp3) is 0.538. The van der Waals surface area contributed by atoms with Gasteiger partial charge in [0.2, 0.25) is 0 Å². The molecule has 19 heavy (non-hydrogen) atoms. The molecule has 0 saturated carbocycles. The van der Waals surface area contributed by atoms with Gasteiger partial charge < -0.3 is 16.0 Å². The molecule has 1 aromatic carbocycles. The number of nitrogen functional groups attached to an aromatic ring is 1. The van der Waals surface area contributed by atoms with E-state index in [1.165, 1.54) is 25.0 Å². The first-order valence-electron chi connectivity index (χ1n) is 6.52. The van der Waals surface area contributed by atoms with Crippen molar-refractivity contribution in [3.05, 3.63) is 28.3 Å². The lowest BCUT2D eigenvalue weighted by atomic mass is 9.98. The van der Waals surface area contributed by atoms with E-state index in [2.05, 4.69) is 17.3 Å². The van der Waals surface area contributed by atoms with Crippen molar-refractivity contribution in [2.75, 3.05) is 37.7 Å². The number of hydrogen-bond donors (Lipinski definition) is 2. The normalized spacial score (nSPS) is 20.2. The number of nitrogens with two attached hydrogens (primary N) is 1. The van der Waals surface area contributed by atoms with E-state index in [0.717, 1.165) is 25.3 Å². The second-order valence-corrected chi connectivity index (χ2v) is 5.22. The second-order valence-electron chi connectivity index (χ2n) is 5.22. The van der Waals surface area contributed by atoms with Crippen LogP contribution in [0, 0.1) is 16.0 Å². The number of rotatable bonds is 4. The molecule has 3 N–H and O–H groups in total. The van der Waals surface area contributed by atoms with Gasteiger partial charge in [0.25, 0.3) is 5.69 Å². The van der Waals surface area contributed by atoms with Crippen molar-refractivity contribution in [3.8, 4) is 0 Å². The summed E-state index contributed by atoms with van der Waals surface area (Å²) in [5.74, 6) is 0.583. The summed E-state index contributed by atoms with van der Waals surface area (Å²) < 4.78 is 0. The van der Waals surface area contributed by atoms with Gasteiger partial charge in [-0.3, -0.25) is 10.1 Å². The monoisotopic (exact) mass is 264 g/mol. The molecular weight excluding hydrogens is 244 g/mol. The molecule has 1 aliphatic rings. The van der Waals surface area contributed by atoms with E-state index in [1.807, 2.05) is 0 Å². The highest BCUT2D eigenvalue weighted by atomic mass is 16.6. The molecule has 6 heteroatoms. The lowest BCUT2D eigenvalue weighted by molar-refractivity contribution is -0.384. The van der Waals surface area contributed by atoms with Crippen molar-refractivity contribution in [1.29, 1.82) is 0 Å². The number of non-ortho nitro benzene ring substituents is 1. The molecule has 1 saturated heterocycles. The van der Waals surface area contributed by atoms with Crippen LogP contribution < -0.4 is 11.1 Å². The Morgan fingerprint density at radius 3 is 3.00 bits per heavy atom. The predicted octanol–water partition coefficient (Wildman–Crippen LogP) is 1.93. The van der Waals surface area contributed by atoms with Crippen LogP contribution in [0.1, 0.15) is 12.8 Å². The molecule has 1 atom stereocenters. The van der Waals surface area contributed by atoms with Crippen LogP contribution in [0.2, 0.25) is 0 Å². The SMILES string of the molecule is CN1CCCC(CNc2cc(N)cc([N+](=O)[O-])c2)C1. The summed E-state index contributed by atoms with van der Waals surface area (Å²) in [5.41, 5.74) is 6.84. The fourth-order valence-corrected chi connectivity index (χ4v) is 2.54. The Morgan fingerprint density at radius 1 is 1.53 bits per heavy atom. The number of nitro benzene ring substituents is 1. The van der Waals surface area contributed by atoms with E-state index in [9.17, 15) is 10.1 Å². The summed E-state index contributed by atoms with van der Waals surface area (Å²) in [5, 5.41) is 14.0. The number of benzene rings is 1. The maximum Gasteiger partial charge on any atom is 0.273 e. The topological polar surface area (TPSA) is 84.4 Å². The van der Waals surface area contributed by atoms with Crippen molar-refractivity contribution in [3.63, 3.8) is 0 Å². The molecule has 1 aromatic rings. The number of nitrogens with one attached hydrogen (secondary N) is 1. The van der Waals surface area contributed by atoms with E-state index >= 15 is 0 Å². The first-order valence-corrected chi connectivity index (χ1v) is 6.52. The molecule has 0 aromatic heterocycles. The summed E-state index contributed by atoms with van der Waals surface area (Å²) in [4.78, 5) is 12.7. The minimum absolute atomic E-state index is 0.0308. The Labute approximate surface area is 112 Å². The quantitative estimate of drug-likeness (QED) is 0.493. The molecular formula is C13H20N4O2. The maximum atomic E-state index is 10.8. The fourth-order valence-electron chi connectivity index (χ4n) is 2.54. The van der Waals surface area contributed by atoms with Gasteiger partial charge in [-0.2, -0.15) is 0 Å². The first kappa shape index (κ1) is 13.6. The predicted molar refractivity (Wildman–Crippen MR) is 76.2 cm³/mol. The van der Waals surface area contributed by atoms with E-state index in [1.54, 1.807) is 6.07 Å². The number of likely N-dealkylation sites (tertiary alicyclic amines) is 1. The zero-order valence-electron chi connectivity index (χ0n) is 11.1. The number of hydrogen-bond acceptors (Lipinski definition) is 5. The van der Waals surface area contributed by atoms with Crippen LogP contribution in [0.5, 0.6) is 0 Å². The molecule has 0 spiro atoms. The molecule has 104 valence electrons. The Hall–Kier alpha value is -1.82. The Kier molecular flexibility index (Phi) is 4.21. The standard InChI is InChI=1S/C13H20N4O2/c1-16-4-2-3-10(9-16)8-15-12-5-11(14)6-13(7-12)17(18)19/h5-7,10,15H,2-4,8-9,14H2,1H3. The average Bonchev–Trinajstić information content (AvgIpc) is 2.36. The Morgan fingerprint density at radius 2 is 2.32 bits per heavy atom. The Balaban J connectivity index is 1.97. The van der Waals surface area contributed by atoms with Gasteiger partial charge in [-0.1, -0.05) is 0 Å². The van der Waals surface area contributed by atoms with Gasteiger partial charge in [-0.25, -0.2) is 0 Å². The van der Waals surface area contributed by atoms with E-state index < -0.39 is 4.92 Å². The molecule has 0 amide bonds. The Bertz CT molecular complexity index is 464. The summed E-state index contributed by atoms with van der Waals surface area (Å²) in [6, 6.07) is 4.64. The molecule has 0 radical (unpaired) electrons. The summed E-state index contributed by atoms with van der Waals surface area (Å²) in [7, 11) is 2.12. The van der Waals surface area contributed by atoms with Crippen LogP contribution in [0.3, 0.4) is 0 Å². The van der Waals surface area contributed by atoms with E-state index in [-0.39, 0.29) is 5.69 Å². The lowest BCUT2D eigenvalue weighted by Crippen LogP contribution is -2.35. The third-order valence-electron chi connectivity index (χ3n) is 3.47. The highest BCUT2D eigenvalue weighted by Gasteiger charge is 2.17. The third kappa shape index (κ3) is 3.82. The van der Waals surface area contributed by atoms with Gasteiger partial charge in [-0.15, -0.1) is 0 Å². The molecule has 1 aliphatic heterocycles. The number of nitro groups is 1. The van der Waals surface area contributed by atoms with Gasteiger partial charge in [0, 0.05) is 36.6 Å². The van der Waals surface area contributed by atoms with Gasteiger partial charge in [0.1, 0.15) is 0 Å². The number of anilines is 2. The van der Waals surface area contributed by atoms with Crippen molar-refractivity contribution < 1.29 is 4.92 Å². The van der Waals surface area contributed by atoms with Crippen LogP contribution >= 0.6 is 0 Å². The summed E-state index contributed by atoms with van der Waals surface area (Å²) in [6.07, 6.45) is 2.40. The molecule has 1 fully saturated rings. The zero-order valence-corrected chi connectivity index (χ0v) is 11.1. The van der Waals surface area contributed by atoms with Crippen LogP contribution in [-0.4, -0.2) is 36.5 Å². The average molecular weight is 264 g/mol. The largest absolute Gasteiger partial charge is 0.398 e. The van der Waals surface area contributed by atoms with E-state index in [4.69, 9.17) is 5.73 Å². The van der Waals surface area contributed by atoms with Crippen molar-refractivity contribution in [2.24, 2.45) is 5.92 Å². The number of piperidine rings is 1. The second kappa shape index (κ2) is 5.88. The number of nitrogens with zero attached hydrogens (tertiary/aromatic N) is 2. The van der Waals surface area contributed by atoms with Crippen LogP contribution in [0.15, 0.2) is 18.2 Å². The first-order chi connectivity index (χ1) is 9.04. The third-order valence-corrected chi connectivity index (χ3v) is 3.47. The zero-order chi connectivity index (χ0) is 13.8. The van der Waals surface area contributed by atoms with Gasteiger partial charge in [0.05, 0.1) is 4.92 Å². The molecule has 1 unspecified atom stereocenters. The molecule has 1 heterocycles. The lowest BCUT2D eigenvalue weighted by Gasteiger charge is -2.29.